The average molecular weight is 353 g/mol. The molecule has 0 spiro atoms. The molecule has 1 amide bonds. The third-order valence-corrected chi connectivity index (χ3v) is 5.24. The fourth-order valence-corrected chi connectivity index (χ4v) is 3.85. The Bertz CT molecular complexity index is 918. The number of rotatable bonds is 6. The van der Waals surface area contributed by atoms with E-state index in [1.165, 1.54) is 18.3 Å². The van der Waals surface area contributed by atoms with E-state index in [-0.39, 0.29) is 40.9 Å². The standard InChI is InChI=1S/C15H19N3O5S/c1-10(2)9-24(22,23)7-5-16-14(20)11-8-17-13-12(19)4-3-6-18(13)15(11)21/h3-4,6,8,10,19H,5,7,9H2,1-2H3,(H,16,20). The van der Waals surface area contributed by atoms with Gasteiger partial charge in [0.05, 0.1) is 11.5 Å². The largest absolute Gasteiger partial charge is 0.504 e. The molecule has 0 radical (unpaired) electrons. The van der Waals surface area contributed by atoms with Crippen LogP contribution in [-0.4, -0.2) is 46.9 Å². The summed E-state index contributed by atoms with van der Waals surface area (Å²) in [5.74, 6) is -1.03. The van der Waals surface area contributed by atoms with Gasteiger partial charge in [-0.1, -0.05) is 13.8 Å². The number of hydrogen-bond donors (Lipinski definition) is 2. The predicted octanol–water partition coefficient (Wildman–Crippen LogP) is 0.201. The number of nitrogens with zero attached hydrogens (tertiary/aromatic N) is 2. The summed E-state index contributed by atoms with van der Waals surface area (Å²) in [6, 6.07) is 2.83. The van der Waals surface area contributed by atoms with Crippen LogP contribution < -0.4 is 10.9 Å². The van der Waals surface area contributed by atoms with Crippen LogP contribution in [0.5, 0.6) is 5.75 Å². The monoisotopic (exact) mass is 353 g/mol. The van der Waals surface area contributed by atoms with Gasteiger partial charge in [0.15, 0.2) is 21.2 Å². The van der Waals surface area contributed by atoms with E-state index in [2.05, 4.69) is 10.3 Å². The van der Waals surface area contributed by atoms with Crippen LogP contribution in [0.4, 0.5) is 0 Å². The third-order valence-electron chi connectivity index (χ3n) is 3.24. The van der Waals surface area contributed by atoms with Crippen molar-refractivity contribution in [1.29, 1.82) is 0 Å². The normalized spacial score (nSPS) is 11.8. The minimum absolute atomic E-state index is 0.00714. The van der Waals surface area contributed by atoms with E-state index in [9.17, 15) is 23.1 Å². The van der Waals surface area contributed by atoms with Gasteiger partial charge in [0.1, 0.15) is 5.56 Å². The number of pyridine rings is 1. The lowest BCUT2D eigenvalue weighted by Gasteiger charge is -2.08. The molecule has 8 nitrogen and oxygen atoms in total. The Kier molecular flexibility index (Phi) is 5.23. The third kappa shape index (κ3) is 4.10. The van der Waals surface area contributed by atoms with Gasteiger partial charge >= 0.3 is 0 Å². The van der Waals surface area contributed by atoms with E-state index in [1.807, 2.05) is 0 Å². The lowest BCUT2D eigenvalue weighted by Crippen LogP contribution is -2.35. The lowest BCUT2D eigenvalue weighted by atomic mass is 10.3. The van der Waals surface area contributed by atoms with Gasteiger partial charge in [-0.2, -0.15) is 0 Å². The van der Waals surface area contributed by atoms with Crippen molar-refractivity contribution >= 4 is 21.4 Å². The van der Waals surface area contributed by atoms with Gasteiger partial charge in [-0.3, -0.25) is 14.0 Å². The van der Waals surface area contributed by atoms with Crippen LogP contribution in [0.1, 0.15) is 24.2 Å². The topological polar surface area (TPSA) is 118 Å². The van der Waals surface area contributed by atoms with Crippen LogP contribution in [0, 0.1) is 5.92 Å². The summed E-state index contributed by atoms with van der Waals surface area (Å²) in [4.78, 5) is 28.2. The van der Waals surface area contributed by atoms with E-state index in [0.29, 0.717) is 0 Å². The number of hydrogen-bond acceptors (Lipinski definition) is 6. The molecule has 2 heterocycles. The zero-order chi connectivity index (χ0) is 17.9. The van der Waals surface area contributed by atoms with Crippen molar-refractivity contribution in [1.82, 2.24) is 14.7 Å². The molecule has 130 valence electrons. The summed E-state index contributed by atoms with van der Waals surface area (Å²) >= 11 is 0. The van der Waals surface area contributed by atoms with E-state index >= 15 is 0 Å². The maximum Gasteiger partial charge on any atom is 0.270 e. The minimum Gasteiger partial charge on any atom is -0.504 e. The van der Waals surface area contributed by atoms with Gasteiger partial charge < -0.3 is 10.4 Å². The SMILES string of the molecule is CC(C)CS(=O)(=O)CCNC(=O)c1cnc2c(O)cccn2c1=O. The predicted molar refractivity (Wildman–Crippen MR) is 89.0 cm³/mol. The second-order valence-electron chi connectivity index (χ2n) is 5.83. The van der Waals surface area contributed by atoms with Gasteiger partial charge in [0.25, 0.3) is 11.5 Å². The van der Waals surface area contributed by atoms with Crippen LogP contribution in [-0.2, 0) is 9.84 Å². The Morgan fingerprint density at radius 1 is 1.42 bits per heavy atom. The van der Waals surface area contributed by atoms with E-state index in [0.717, 1.165) is 10.6 Å². The first kappa shape index (κ1) is 17.9. The summed E-state index contributed by atoms with van der Waals surface area (Å²) in [5.41, 5.74) is -0.823. The van der Waals surface area contributed by atoms with Gasteiger partial charge in [0, 0.05) is 18.9 Å². The Hall–Kier alpha value is -2.42. The summed E-state index contributed by atoms with van der Waals surface area (Å²) in [6.07, 6.45) is 2.45. The Morgan fingerprint density at radius 2 is 2.12 bits per heavy atom. The zero-order valence-corrected chi connectivity index (χ0v) is 14.2. The van der Waals surface area contributed by atoms with Crippen molar-refractivity contribution in [3.8, 4) is 5.75 Å². The second kappa shape index (κ2) is 7.00. The molecule has 0 saturated carbocycles. The van der Waals surface area contributed by atoms with Crippen molar-refractivity contribution in [2.24, 2.45) is 5.92 Å². The number of carbonyl (C=O) groups is 1. The van der Waals surface area contributed by atoms with Crippen molar-refractivity contribution in [2.75, 3.05) is 18.1 Å². The fourth-order valence-electron chi connectivity index (χ4n) is 2.25. The summed E-state index contributed by atoms with van der Waals surface area (Å²) in [5, 5.41) is 12.1. The molecular weight excluding hydrogens is 334 g/mol. The summed E-state index contributed by atoms with van der Waals surface area (Å²) < 4.78 is 24.6. The first-order valence-electron chi connectivity index (χ1n) is 7.39. The van der Waals surface area contributed by atoms with Crippen molar-refractivity contribution < 1.29 is 18.3 Å². The number of nitrogens with one attached hydrogen (secondary N) is 1. The molecule has 0 saturated heterocycles. The Morgan fingerprint density at radius 3 is 2.79 bits per heavy atom. The van der Waals surface area contributed by atoms with E-state index < -0.39 is 21.3 Å². The number of fused-ring (bicyclic) bond motifs is 1. The highest BCUT2D eigenvalue weighted by Crippen LogP contribution is 2.12. The Labute approximate surface area is 139 Å². The molecule has 0 bridgehead atoms. The van der Waals surface area contributed by atoms with Gasteiger partial charge in [0.2, 0.25) is 0 Å². The van der Waals surface area contributed by atoms with Crippen molar-refractivity contribution in [3.05, 3.63) is 40.4 Å². The number of aromatic hydroxyl groups is 1. The molecule has 9 heteroatoms. The number of sulfone groups is 1. The van der Waals surface area contributed by atoms with Gasteiger partial charge in [-0.05, 0) is 18.1 Å². The van der Waals surface area contributed by atoms with Crippen LogP contribution >= 0.6 is 0 Å². The van der Waals surface area contributed by atoms with Crippen LogP contribution in [0.2, 0.25) is 0 Å². The highest BCUT2D eigenvalue weighted by atomic mass is 32.2. The van der Waals surface area contributed by atoms with E-state index in [1.54, 1.807) is 13.8 Å². The molecule has 0 aliphatic heterocycles. The maximum atomic E-state index is 12.3. The molecule has 0 aliphatic rings. The molecule has 2 rings (SSSR count). The minimum atomic E-state index is -3.26. The maximum absolute atomic E-state index is 12.3. The number of carbonyl (C=O) groups excluding carboxylic acids is 1. The smallest absolute Gasteiger partial charge is 0.270 e. The lowest BCUT2D eigenvalue weighted by molar-refractivity contribution is 0.0954. The van der Waals surface area contributed by atoms with Gasteiger partial charge in [-0.15, -0.1) is 0 Å². The quantitative estimate of drug-likeness (QED) is 0.766. The summed E-state index contributed by atoms with van der Waals surface area (Å²) in [7, 11) is -3.26. The molecule has 2 aromatic rings. The van der Waals surface area contributed by atoms with Gasteiger partial charge in [-0.25, -0.2) is 13.4 Å². The molecule has 0 fully saturated rings. The molecule has 24 heavy (non-hydrogen) atoms. The Balaban J connectivity index is 2.13. The highest BCUT2D eigenvalue weighted by Gasteiger charge is 2.17. The zero-order valence-electron chi connectivity index (χ0n) is 13.4. The number of aromatic nitrogens is 2. The molecule has 0 unspecified atom stereocenters. The molecule has 0 aromatic carbocycles. The molecule has 0 atom stereocenters. The van der Waals surface area contributed by atoms with Crippen molar-refractivity contribution in [2.45, 2.75) is 13.8 Å². The average Bonchev–Trinajstić information content (AvgIpc) is 2.46. The first-order chi connectivity index (χ1) is 11.2. The molecule has 0 aliphatic carbocycles. The molecule has 2 aromatic heterocycles. The van der Waals surface area contributed by atoms with Crippen LogP contribution in [0.25, 0.3) is 5.65 Å². The van der Waals surface area contributed by atoms with E-state index in [4.69, 9.17) is 0 Å². The fraction of sp³-hybridized carbons (Fsp3) is 0.400. The number of amides is 1. The molecule has 2 N–H and O–H groups in total. The van der Waals surface area contributed by atoms with Crippen molar-refractivity contribution in [3.63, 3.8) is 0 Å². The molecular formula is C15H19N3O5S. The highest BCUT2D eigenvalue weighted by molar-refractivity contribution is 7.91. The van der Waals surface area contributed by atoms with Crippen LogP contribution in [0.3, 0.4) is 0 Å². The summed E-state index contributed by atoms with van der Waals surface area (Å²) in [6.45, 7) is 3.51. The first-order valence-corrected chi connectivity index (χ1v) is 9.21. The second-order valence-corrected chi connectivity index (χ2v) is 8.06. The van der Waals surface area contributed by atoms with Crippen LogP contribution in [0.15, 0.2) is 29.3 Å².